The van der Waals surface area contributed by atoms with Gasteiger partial charge in [0, 0.05) is 13.2 Å². The number of ketones is 1. The molecule has 1 aromatic rings. The summed E-state index contributed by atoms with van der Waals surface area (Å²) in [6, 6.07) is -0.445. The van der Waals surface area contributed by atoms with Gasteiger partial charge in [0.15, 0.2) is 5.78 Å². The van der Waals surface area contributed by atoms with Crippen LogP contribution in [0.2, 0.25) is 0 Å². The summed E-state index contributed by atoms with van der Waals surface area (Å²) >= 11 is 0. The molecule has 1 rings (SSSR count). The first-order valence-electron chi connectivity index (χ1n) is 3.39. The topological polar surface area (TPSA) is 60.9 Å². The highest BCUT2D eigenvalue weighted by Crippen LogP contribution is 1.99. The Bertz CT molecular complexity index is 264. The zero-order valence-corrected chi connectivity index (χ0v) is 6.61. The Labute approximate surface area is 65.0 Å². The smallest absolute Gasteiger partial charge is 0.182 e. The Morgan fingerprint density at radius 3 is 2.82 bits per heavy atom. The number of aromatic nitrogens is 2. The minimum Gasteiger partial charge on any atom is -0.321 e. The van der Waals surface area contributed by atoms with E-state index >= 15 is 0 Å². The van der Waals surface area contributed by atoms with Crippen LogP contribution in [0, 0.1) is 0 Å². The molecule has 2 N–H and O–H groups in total. The van der Waals surface area contributed by atoms with Gasteiger partial charge < -0.3 is 5.73 Å². The Morgan fingerprint density at radius 2 is 2.45 bits per heavy atom. The van der Waals surface area contributed by atoms with Crippen molar-refractivity contribution in [3.63, 3.8) is 0 Å². The van der Waals surface area contributed by atoms with Crippen molar-refractivity contribution in [2.24, 2.45) is 12.8 Å². The van der Waals surface area contributed by atoms with E-state index in [0.717, 1.165) is 0 Å². The van der Waals surface area contributed by atoms with Crippen molar-refractivity contribution in [1.29, 1.82) is 0 Å². The van der Waals surface area contributed by atoms with E-state index in [-0.39, 0.29) is 5.78 Å². The third-order valence-electron chi connectivity index (χ3n) is 1.40. The van der Waals surface area contributed by atoms with Crippen molar-refractivity contribution in [1.82, 2.24) is 9.78 Å². The highest BCUT2D eigenvalue weighted by Gasteiger charge is 2.11. The zero-order valence-electron chi connectivity index (χ0n) is 6.61. The molecule has 0 aliphatic rings. The molecule has 0 unspecified atom stereocenters. The van der Waals surface area contributed by atoms with Gasteiger partial charge in [0.2, 0.25) is 0 Å². The molecule has 60 valence electrons. The molecule has 0 aliphatic carbocycles. The molecule has 1 heterocycles. The molecule has 0 radical (unpaired) electrons. The van der Waals surface area contributed by atoms with Crippen LogP contribution in [0.1, 0.15) is 17.3 Å². The van der Waals surface area contributed by atoms with Gasteiger partial charge in [0.05, 0.1) is 17.8 Å². The predicted octanol–water partition coefficient (Wildman–Crippen LogP) is -0.0500. The number of nitrogens with two attached hydrogens (primary N) is 1. The van der Waals surface area contributed by atoms with Crippen molar-refractivity contribution >= 4 is 5.78 Å². The van der Waals surface area contributed by atoms with Gasteiger partial charge in [-0.15, -0.1) is 0 Å². The van der Waals surface area contributed by atoms with Crippen molar-refractivity contribution in [3.8, 4) is 0 Å². The van der Waals surface area contributed by atoms with Crippen LogP contribution in [0.4, 0.5) is 0 Å². The van der Waals surface area contributed by atoms with E-state index in [1.807, 2.05) is 0 Å². The van der Waals surface area contributed by atoms with E-state index in [9.17, 15) is 4.79 Å². The quantitative estimate of drug-likeness (QED) is 0.606. The average Bonchev–Trinajstić information content (AvgIpc) is 2.34. The van der Waals surface area contributed by atoms with Gasteiger partial charge in [0.1, 0.15) is 0 Å². The van der Waals surface area contributed by atoms with Crippen molar-refractivity contribution in [3.05, 3.63) is 18.0 Å². The lowest BCUT2D eigenvalue weighted by molar-refractivity contribution is 0.0968. The largest absolute Gasteiger partial charge is 0.321 e. The van der Waals surface area contributed by atoms with Crippen molar-refractivity contribution in [2.45, 2.75) is 13.0 Å². The first-order valence-corrected chi connectivity index (χ1v) is 3.39. The maximum absolute atomic E-state index is 11.2. The molecule has 0 saturated heterocycles. The monoisotopic (exact) mass is 153 g/mol. The molecule has 0 saturated carbocycles. The van der Waals surface area contributed by atoms with Crippen LogP contribution in [0.3, 0.4) is 0 Å². The summed E-state index contributed by atoms with van der Waals surface area (Å²) in [6.07, 6.45) is 3.18. The SMILES string of the molecule is C[C@H](N)C(=O)c1cnn(C)c1. The van der Waals surface area contributed by atoms with Gasteiger partial charge in [-0.05, 0) is 6.92 Å². The zero-order chi connectivity index (χ0) is 8.43. The van der Waals surface area contributed by atoms with E-state index in [1.165, 1.54) is 6.20 Å². The fourth-order valence-corrected chi connectivity index (χ4v) is 0.811. The van der Waals surface area contributed by atoms with Crippen LogP contribution in [0.5, 0.6) is 0 Å². The van der Waals surface area contributed by atoms with E-state index in [4.69, 9.17) is 5.73 Å². The van der Waals surface area contributed by atoms with Gasteiger partial charge >= 0.3 is 0 Å². The maximum Gasteiger partial charge on any atom is 0.182 e. The summed E-state index contributed by atoms with van der Waals surface area (Å²) < 4.78 is 1.58. The lowest BCUT2D eigenvalue weighted by Gasteiger charge is -1.98. The summed E-state index contributed by atoms with van der Waals surface area (Å²) in [6.45, 7) is 1.66. The van der Waals surface area contributed by atoms with Crippen LogP contribution in [-0.2, 0) is 7.05 Å². The number of rotatable bonds is 2. The molecule has 4 nitrogen and oxygen atoms in total. The second-order valence-electron chi connectivity index (χ2n) is 2.56. The summed E-state index contributed by atoms with van der Waals surface area (Å²) in [7, 11) is 1.76. The number of hydrogen-bond acceptors (Lipinski definition) is 3. The molecule has 1 aromatic heterocycles. The molecule has 0 fully saturated rings. The number of nitrogens with zero attached hydrogens (tertiary/aromatic N) is 2. The Morgan fingerprint density at radius 1 is 1.82 bits per heavy atom. The van der Waals surface area contributed by atoms with Crippen LogP contribution in [-0.4, -0.2) is 21.6 Å². The number of Topliss-reactive ketones (excluding diaryl/α,β-unsaturated/α-hetero) is 1. The highest BCUT2D eigenvalue weighted by molar-refractivity contribution is 5.99. The Kier molecular flexibility index (Phi) is 2.05. The molecule has 4 heteroatoms. The third-order valence-corrected chi connectivity index (χ3v) is 1.40. The lowest BCUT2D eigenvalue weighted by Crippen LogP contribution is -2.26. The molecule has 0 bridgehead atoms. The molecular formula is C7H11N3O. The van der Waals surface area contributed by atoms with E-state index in [2.05, 4.69) is 5.10 Å². The molecule has 0 aliphatic heterocycles. The number of hydrogen-bond donors (Lipinski definition) is 1. The standard InChI is InChI=1S/C7H11N3O/c1-5(8)7(11)6-3-9-10(2)4-6/h3-5H,8H2,1-2H3/t5-/m0/s1. The average molecular weight is 153 g/mol. The van der Waals surface area contributed by atoms with Crippen LogP contribution < -0.4 is 5.73 Å². The Balaban J connectivity index is 2.85. The fraction of sp³-hybridized carbons (Fsp3) is 0.429. The van der Waals surface area contributed by atoms with Crippen LogP contribution in [0.25, 0.3) is 0 Å². The van der Waals surface area contributed by atoms with Gasteiger partial charge in [-0.1, -0.05) is 0 Å². The van der Waals surface area contributed by atoms with Gasteiger partial charge in [-0.25, -0.2) is 0 Å². The van der Waals surface area contributed by atoms with Gasteiger partial charge in [-0.3, -0.25) is 9.48 Å². The molecule has 0 spiro atoms. The second kappa shape index (κ2) is 2.84. The maximum atomic E-state index is 11.2. The van der Waals surface area contributed by atoms with Crippen molar-refractivity contribution in [2.75, 3.05) is 0 Å². The molecular weight excluding hydrogens is 142 g/mol. The lowest BCUT2D eigenvalue weighted by atomic mass is 10.1. The molecule has 11 heavy (non-hydrogen) atoms. The summed E-state index contributed by atoms with van der Waals surface area (Å²) in [5.74, 6) is -0.0712. The second-order valence-corrected chi connectivity index (χ2v) is 2.56. The van der Waals surface area contributed by atoms with E-state index in [1.54, 1.807) is 24.9 Å². The number of aryl methyl sites for hydroxylation is 1. The first-order chi connectivity index (χ1) is 5.11. The first kappa shape index (κ1) is 7.94. The third kappa shape index (κ3) is 1.65. The minimum atomic E-state index is -0.445. The van der Waals surface area contributed by atoms with Crippen LogP contribution >= 0.6 is 0 Å². The van der Waals surface area contributed by atoms with E-state index in [0.29, 0.717) is 5.56 Å². The molecule has 1 atom stereocenters. The predicted molar refractivity (Wildman–Crippen MR) is 41.2 cm³/mol. The number of carbonyl (C=O) groups is 1. The van der Waals surface area contributed by atoms with E-state index < -0.39 is 6.04 Å². The van der Waals surface area contributed by atoms with Crippen molar-refractivity contribution < 1.29 is 4.79 Å². The van der Waals surface area contributed by atoms with Crippen LogP contribution in [0.15, 0.2) is 12.4 Å². The van der Waals surface area contributed by atoms with Gasteiger partial charge in [-0.2, -0.15) is 5.10 Å². The fourth-order valence-electron chi connectivity index (χ4n) is 0.811. The minimum absolute atomic E-state index is 0.0712. The highest BCUT2D eigenvalue weighted by atomic mass is 16.1. The van der Waals surface area contributed by atoms with Gasteiger partial charge in [0.25, 0.3) is 0 Å². The summed E-state index contributed by atoms with van der Waals surface area (Å²) in [4.78, 5) is 11.2. The number of carbonyl (C=O) groups excluding carboxylic acids is 1. The molecule has 0 amide bonds. The normalized spacial score (nSPS) is 13.0. The summed E-state index contributed by atoms with van der Waals surface area (Å²) in [5.41, 5.74) is 5.96. The Hall–Kier alpha value is -1.16. The molecule has 0 aromatic carbocycles. The summed E-state index contributed by atoms with van der Waals surface area (Å²) in [5, 5.41) is 3.86.